The van der Waals surface area contributed by atoms with Crippen molar-refractivity contribution in [3.8, 4) is 17.0 Å². The van der Waals surface area contributed by atoms with Gasteiger partial charge in [-0.15, -0.1) is 11.3 Å². The van der Waals surface area contributed by atoms with Crippen LogP contribution in [0.25, 0.3) is 11.3 Å². The van der Waals surface area contributed by atoms with Crippen LogP contribution in [0, 0.1) is 6.92 Å². The van der Waals surface area contributed by atoms with E-state index in [-0.39, 0.29) is 5.91 Å². The number of carbonyl (C=O) groups is 1. The first-order valence-corrected chi connectivity index (χ1v) is 8.29. The summed E-state index contributed by atoms with van der Waals surface area (Å²) < 4.78 is 5.17. The molecule has 0 atom stereocenters. The van der Waals surface area contributed by atoms with Crippen molar-refractivity contribution in [1.29, 1.82) is 0 Å². The Bertz CT molecular complexity index is 829. The summed E-state index contributed by atoms with van der Waals surface area (Å²) in [5.41, 5.74) is 2.40. The molecule has 0 fully saturated rings. The molecule has 0 aliphatic heterocycles. The summed E-state index contributed by atoms with van der Waals surface area (Å²) >= 11 is 1.39. The molecule has 0 bridgehead atoms. The minimum Gasteiger partial charge on any atom is -0.497 e. The number of rotatable bonds is 5. The van der Waals surface area contributed by atoms with Crippen molar-refractivity contribution in [2.24, 2.45) is 0 Å². The van der Waals surface area contributed by atoms with Gasteiger partial charge in [-0.05, 0) is 43.3 Å². The van der Waals surface area contributed by atoms with Gasteiger partial charge in [0.1, 0.15) is 10.6 Å². The molecule has 122 valence electrons. The Morgan fingerprint density at radius 2 is 2.00 bits per heavy atom. The Morgan fingerprint density at radius 3 is 2.67 bits per heavy atom. The number of nitrogens with zero attached hydrogens (tertiary/aromatic N) is 2. The highest BCUT2D eigenvalue weighted by Crippen LogP contribution is 2.29. The third-order valence-electron chi connectivity index (χ3n) is 3.46. The van der Waals surface area contributed by atoms with Crippen molar-refractivity contribution in [2.45, 2.75) is 13.5 Å². The van der Waals surface area contributed by atoms with E-state index in [0.717, 1.165) is 22.0 Å². The van der Waals surface area contributed by atoms with Crippen molar-refractivity contribution < 1.29 is 9.53 Å². The predicted octanol–water partition coefficient (Wildman–Crippen LogP) is 3.45. The average Bonchev–Trinajstić information content (AvgIpc) is 3.02. The van der Waals surface area contributed by atoms with Crippen LogP contribution in [-0.4, -0.2) is 23.0 Å². The summed E-state index contributed by atoms with van der Waals surface area (Å²) in [6.45, 7) is 2.28. The number of amides is 1. The first kappa shape index (κ1) is 16.1. The molecule has 0 radical (unpaired) electrons. The van der Waals surface area contributed by atoms with Gasteiger partial charge in [0.15, 0.2) is 0 Å². The minimum absolute atomic E-state index is 0.142. The molecule has 2 heterocycles. The number of aromatic nitrogens is 2. The fourth-order valence-corrected chi connectivity index (χ4v) is 3.14. The monoisotopic (exact) mass is 339 g/mol. The lowest BCUT2D eigenvalue weighted by molar-refractivity contribution is 0.0955. The Kier molecular flexibility index (Phi) is 4.86. The molecule has 0 saturated heterocycles. The van der Waals surface area contributed by atoms with E-state index in [1.54, 1.807) is 13.3 Å². The molecule has 0 unspecified atom stereocenters. The number of nitrogens with one attached hydrogen (secondary N) is 1. The first-order valence-electron chi connectivity index (χ1n) is 7.47. The largest absolute Gasteiger partial charge is 0.497 e. The molecule has 5 nitrogen and oxygen atoms in total. The summed E-state index contributed by atoms with van der Waals surface area (Å²) in [6.07, 6.45) is 1.71. The van der Waals surface area contributed by atoms with Crippen LogP contribution >= 0.6 is 11.3 Å². The highest BCUT2D eigenvalue weighted by atomic mass is 32.1. The number of hydrogen-bond donors (Lipinski definition) is 1. The highest BCUT2D eigenvalue weighted by Gasteiger charge is 2.18. The zero-order valence-electron chi connectivity index (χ0n) is 13.4. The van der Waals surface area contributed by atoms with Gasteiger partial charge >= 0.3 is 0 Å². The summed E-state index contributed by atoms with van der Waals surface area (Å²) in [4.78, 5) is 21.9. The van der Waals surface area contributed by atoms with Gasteiger partial charge in [0, 0.05) is 11.8 Å². The molecular formula is C18H17N3O2S. The topological polar surface area (TPSA) is 64.1 Å². The number of aryl methyl sites for hydroxylation is 1. The average molecular weight is 339 g/mol. The Labute approximate surface area is 144 Å². The lowest BCUT2D eigenvalue weighted by Crippen LogP contribution is -2.22. The van der Waals surface area contributed by atoms with Crippen LogP contribution in [-0.2, 0) is 6.54 Å². The third-order valence-corrected chi connectivity index (χ3v) is 4.43. The maximum Gasteiger partial charge on any atom is 0.263 e. The number of benzene rings is 1. The molecule has 2 aromatic heterocycles. The van der Waals surface area contributed by atoms with E-state index in [4.69, 9.17) is 4.74 Å². The molecule has 1 amide bonds. The second-order valence-corrected chi connectivity index (χ2v) is 6.35. The number of pyridine rings is 1. The second kappa shape index (κ2) is 7.23. The quantitative estimate of drug-likeness (QED) is 0.773. The summed E-state index contributed by atoms with van der Waals surface area (Å²) in [5, 5.41) is 3.76. The maximum absolute atomic E-state index is 12.6. The third kappa shape index (κ3) is 3.60. The summed E-state index contributed by atoms with van der Waals surface area (Å²) in [5.74, 6) is 0.629. The van der Waals surface area contributed by atoms with Gasteiger partial charge in [-0.2, -0.15) is 0 Å². The Hall–Kier alpha value is -2.73. The van der Waals surface area contributed by atoms with Gasteiger partial charge in [-0.25, -0.2) is 4.98 Å². The molecule has 1 aromatic carbocycles. The number of thiazole rings is 1. The summed E-state index contributed by atoms with van der Waals surface area (Å²) in [7, 11) is 1.62. The molecule has 0 saturated carbocycles. The molecule has 1 N–H and O–H groups in total. The van der Waals surface area contributed by atoms with Crippen LogP contribution in [0.15, 0.2) is 48.7 Å². The van der Waals surface area contributed by atoms with Crippen LogP contribution in [0.3, 0.4) is 0 Å². The number of ether oxygens (including phenoxy) is 1. The fraction of sp³-hybridized carbons (Fsp3) is 0.167. The molecule has 3 aromatic rings. The summed E-state index contributed by atoms with van der Waals surface area (Å²) in [6, 6.07) is 13.2. The van der Waals surface area contributed by atoms with Crippen LogP contribution < -0.4 is 10.1 Å². The van der Waals surface area contributed by atoms with Gasteiger partial charge in [-0.3, -0.25) is 9.78 Å². The van der Waals surface area contributed by atoms with E-state index >= 15 is 0 Å². The van der Waals surface area contributed by atoms with E-state index in [9.17, 15) is 4.79 Å². The molecule has 0 aliphatic carbocycles. The van der Waals surface area contributed by atoms with E-state index in [0.29, 0.717) is 17.1 Å². The molecule has 24 heavy (non-hydrogen) atoms. The lowest BCUT2D eigenvalue weighted by atomic mass is 10.1. The van der Waals surface area contributed by atoms with Gasteiger partial charge in [0.2, 0.25) is 0 Å². The van der Waals surface area contributed by atoms with Crippen LogP contribution in [0.5, 0.6) is 5.75 Å². The van der Waals surface area contributed by atoms with Gasteiger partial charge < -0.3 is 10.1 Å². The van der Waals surface area contributed by atoms with E-state index in [1.807, 2.05) is 49.4 Å². The highest BCUT2D eigenvalue weighted by molar-refractivity contribution is 7.14. The van der Waals surface area contributed by atoms with Gasteiger partial charge in [-0.1, -0.05) is 6.07 Å². The molecular weight excluding hydrogens is 322 g/mol. The SMILES string of the molecule is COc1ccc(-c2nc(C)sc2C(=O)NCc2ccccn2)cc1. The fourth-order valence-electron chi connectivity index (χ4n) is 2.28. The predicted molar refractivity (Wildman–Crippen MR) is 94.2 cm³/mol. The van der Waals surface area contributed by atoms with Crippen molar-refractivity contribution in [3.05, 3.63) is 64.2 Å². The standard InChI is InChI=1S/C18H17N3O2S/c1-12-21-16(13-6-8-15(23-2)9-7-13)17(24-12)18(22)20-11-14-5-3-4-10-19-14/h3-10H,11H2,1-2H3,(H,20,22). The maximum atomic E-state index is 12.6. The van der Waals surface area contributed by atoms with Crippen molar-refractivity contribution in [1.82, 2.24) is 15.3 Å². The smallest absolute Gasteiger partial charge is 0.263 e. The molecule has 6 heteroatoms. The Morgan fingerprint density at radius 1 is 1.21 bits per heavy atom. The van der Waals surface area contributed by atoms with E-state index < -0.39 is 0 Å². The van der Waals surface area contributed by atoms with Crippen LogP contribution in [0.4, 0.5) is 0 Å². The molecule has 3 rings (SSSR count). The van der Waals surface area contributed by atoms with Gasteiger partial charge in [0.05, 0.1) is 30.1 Å². The molecule has 0 spiro atoms. The normalized spacial score (nSPS) is 10.4. The Balaban J connectivity index is 1.81. The van der Waals surface area contributed by atoms with Crippen molar-refractivity contribution in [3.63, 3.8) is 0 Å². The van der Waals surface area contributed by atoms with Gasteiger partial charge in [0.25, 0.3) is 5.91 Å². The lowest BCUT2D eigenvalue weighted by Gasteiger charge is -2.06. The van der Waals surface area contributed by atoms with Crippen molar-refractivity contribution in [2.75, 3.05) is 7.11 Å². The number of hydrogen-bond acceptors (Lipinski definition) is 5. The van der Waals surface area contributed by atoms with Crippen molar-refractivity contribution >= 4 is 17.2 Å². The van der Waals surface area contributed by atoms with E-state index in [2.05, 4.69) is 15.3 Å². The number of carbonyl (C=O) groups excluding carboxylic acids is 1. The zero-order valence-corrected chi connectivity index (χ0v) is 14.3. The second-order valence-electron chi connectivity index (χ2n) is 5.14. The minimum atomic E-state index is -0.142. The van der Waals surface area contributed by atoms with Crippen LogP contribution in [0.1, 0.15) is 20.4 Å². The van der Waals surface area contributed by atoms with Crippen LogP contribution in [0.2, 0.25) is 0 Å². The zero-order chi connectivity index (χ0) is 16.9. The number of methoxy groups -OCH3 is 1. The first-order chi connectivity index (χ1) is 11.7. The molecule has 0 aliphatic rings. The van der Waals surface area contributed by atoms with E-state index in [1.165, 1.54) is 11.3 Å².